The Labute approximate surface area is 148 Å². The molecule has 2 rings (SSSR count). The number of anilines is 1. The van der Waals surface area contributed by atoms with Gasteiger partial charge in [-0.3, -0.25) is 9.59 Å². The van der Waals surface area contributed by atoms with Gasteiger partial charge in [0.1, 0.15) is 0 Å². The van der Waals surface area contributed by atoms with E-state index in [1.807, 2.05) is 18.2 Å². The first-order valence-electron chi connectivity index (χ1n) is 8.46. The van der Waals surface area contributed by atoms with Crippen LogP contribution in [0.1, 0.15) is 42.2 Å². The molecular weight excluding hydrogens is 314 g/mol. The molecule has 0 aliphatic rings. The van der Waals surface area contributed by atoms with E-state index in [1.165, 1.54) is 5.56 Å². The second-order valence-corrected chi connectivity index (χ2v) is 6.29. The summed E-state index contributed by atoms with van der Waals surface area (Å²) in [4.78, 5) is 23.6. The zero-order valence-electron chi connectivity index (χ0n) is 14.7. The fraction of sp³-hybridized carbons (Fsp3) is 0.300. The van der Waals surface area contributed by atoms with E-state index in [1.54, 1.807) is 24.3 Å². The molecule has 2 aromatic rings. The first-order valence-corrected chi connectivity index (χ1v) is 8.46. The summed E-state index contributed by atoms with van der Waals surface area (Å²) in [5, 5.41) is 6.19. The van der Waals surface area contributed by atoms with Gasteiger partial charge in [-0.15, -0.1) is 0 Å². The number of para-hydroxylation sites is 1. The Morgan fingerprint density at radius 1 is 1.00 bits per heavy atom. The molecule has 0 saturated heterocycles. The number of carbonyl (C=O) groups is 2. The third-order valence-corrected chi connectivity index (χ3v) is 4.01. The lowest BCUT2D eigenvalue weighted by atomic mass is 9.96. The third kappa shape index (κ3) is 5.43. The third-order valence-electron chi connectivity index (χ3n) is 4.01. The van der Waals surface area contributed by atoms with Gasteiger partial charge in [-0.1, -0.05) is 56.3 Å². The normalized spacial score (nSPS) is 12.0. The Morgan fingerprint density at radius 2 is 1.64 bits per heavy atom. The molecule has 0 aromatic heterocycles. The first kappa shape index (κ1) is 18.7. The van der Waals surface area contributed by atoms with Crippen LogP contribution in [-0.4, -0.2) is 18.4 Å². The van der Waals surface area contributed by atoms with Crippen LogP contribution in [0.5, 0.6) is 0 Å². The molecular formula is C20H25N3O2. The maximum absolute atomic E-state index is 12.2. The van der Waals surface area contributed by atoms with Gasteiger partial charge in [0.25, 0.3) is 5.91 Å². The van der Waals surface area contributed by atoms with Crippen LogP contribution in [0.15, 0.2) is 54.6 Å². The Bertz CT molecular complexity index is 714. The summed E-state index contributed by atoms with van der Waals surface area (Å²) in [6.07, 6.45) is 0.309. The largest absolute Gasteiger partial charge is 0.366 e. The summed E-state index contributed by atoms with van der Waals surface area (Å²) in [6.45, 7) is 4.84. The van der Waals surface area contributed by atoms with Crippen molar-refractivity contribution in [2.45, 2.75) is 26.3 Å². The number of nitrogens with two attached hydrogens (primary N) is 1. The van der Waals surface area contributed by atoms with Crippen molar-refractivity contribution >= 4 is 17.5 Å². The van der Waals surface area contributed by atoms with Gasteiger partial charge in [0.2, 0.25) is 5.91 Å². The Kier molecular flexibility index (Phi) is 6.71. The van der Waals surface area contributed by atoms with E-state index in [0.717, 1.165) is 0 Å². The lowest BCUT2D eigenvalue weighted by Gasteiger charge is -2.23. The highest BCUT2D eigenvalue weighted by Gasteiger charge is 2.15. The first-order chi connectivity index (χ1) is 12.0. The molecule has 0 aliphatic heterocycles. The minimum Gasteiger partial charge on any atom is -0.366 e. The molecule has 4 N–H and O–H groups in total. The highest BCUT2D eigenvalue weighted by Crippen LogP contribution is 2.21. The summed E-state index contributed by atoms with van der Waals surface area (Å²) >= 11 is 0. The highest BCUT2D eigenvalue weighted by atomic mass is 16.2. The molecule has 0 aliphatic carbocycles. The van der Waals surface area contributed by atoms with E-state index in [9.17, 15) is 9.59 Å². The number of rotatable bonds is 8. The SMILES string of the molecule is CC(C)C(NCCC(=O)Nc1ccccc1C(N)=O)c1ccccc1. The van der Waals surface area contributed by atoms with Crippen molar-refractivity contribution in [3.63, 3.8) is 0 Å². The maximum atomic E-state index is 12.2. The van der Waals surface area contributed by atoms with Gasteiger partial charge in [-0.25, -0.2) is 0 Å². The smallest absolute Gasteiger partial charge is 0.250 e. The van der Waals surface area contributed by atoms with E-state index in [4.69, 9.17) is 5.73 Å². The average Bonchev–Trinajstić information content (AvgIpc) is 2.59. The van der Waals surface area contributed by atoms with Crippen molar-refractivity contribution in [2.75, 3.05) is 11.9 Å². The van der Waals surface area contributed by atoms with Gasteiger partial charge in [0, 0.05) is 19.0 Å². The number of hydrogen-bond acceptors (Lipinski definition) is 3. The van der Waals surface area contributed by atoms with Gasteiger partial charge >= 0.3 is 0 Å². The molecule has 2 aromatic carbocycles. The second-order valence-electron chi connectivity index (χ2n) is 6.29. The van der Waals surface area contributed by atoms with Crippen LogP contribution in [0.4, 0.5) is 5.69 Å². The van der Waals surface area contributed by atoms with Crippen molar-refractivity contribution in [1.29, 1.82) is 0 Å². The molecule has 0 radical (unpaired) electrons. The number of benzene rings is 2. The number of nitrogens with one attached hydrogen (secondary N) is 2. The Balaban J connectivity index is 1.91. The Morgan fingerprint density at radius 3 is 2.28 bits per heavy atom. The molecule has 132 valence electrons. The van der Waals surface area contributed by atoms with Crippen molar-refractivity contribution in [3.05, 3.63) is 65.7 Å². The molecule has 0 heterocycles. The number of amides is 2. The van der Waals surface area contributed by atoms with Gasteiger partial charge < -0.3 is 16.4 Å². The number of carbonyl (C=O) groups excluding carboxylic acids is 2. The highest BCUT2D eigenvalue weighted by molar-refractivity contribution is 6.02. The molecule has 25 heavy (non-hydrogen) atoms. The van der Waals surface area contributed by atoms with Crippen LogP contribution in [0.3, 0.4) is 0 Å². The number of hydrogen-bond donors (Lipinski definition) is 3. The topological polar surface area (TPSA) is 84.2 Å². The van der Waals surface area contributed by atoms with E-state index in [2.05, 4.69) is 36.6 Å². The predicted octanol–water partition coefficient (Wildman–Crippen LogP) is 3.10. The van der Waals surface area contributed by atoms with E-state index >= 15 is 0 Å². The van der Waals surface area contributed by atoms with Gasteiger partial charge in [0.15, 0.2) is 0 Å². The van der Waals surface area contributed by atoms with Gasteiger partial charge in [0.05, 0.1) is 11.3 Å². The lowest BCUT2D eigenvalue weighted by molar-refractivity contribution is -0.116. The molecule has 0 fully saturated rings. The van der Waals surface area contributed by atoms with Crippen molar-refractivity contribution < 1.29 is 9.59 Å². The van der Waals surface area contributed by atoms with Crippen LogP contribution >= 0.6 is 0 Å². The minimum absolute atomic E-state index is 0.156. The standard InChI is InChI=1S/C20H25N3O2/c1-14(2)19(15-8-4-3-5-9-15)22-13-12-18(24)23-17-11-7-6-10-16(17)20(21)25/h3-11,14,19,22H,12-13H2,1-2H3,(H2,21,25)(H,23,24). The summed E-state index contributed by atoms with van der Waals surface area (Å²) < 4.78 is 0. The van der Waals surface area contributed by atoms with Crippen molar-refractivity contribution in [1.82, 2.24) is 5.32 Å². The summed E-state index contributed by atoms with van der Waals surface area (Å²) in [6, 6.07) is 17.1. The fourth-order valence-electron chi connectivity index (χ4n) is 2.76. The van der Waals surface area contributed by atoms with Crippen molar-refractivity contribution in [2.24, 2.45) is 11.7 Å². The molecule has 0 saturated carbocycles. The van der Waals surface area contributed by atoms with Crippen LogP contribution in [-0.2, 0) is 4.79 Å². The molecule has 0 spiro atoms. The fourth-order valence-corrected chi connectivity index (χ4v) is 2.76. The van der Waals surface area contributed by atoms with Gasteiger partial charge in [-0.05, 0) is 23.6 Å². The molecule has 5 nitrogen and oxygen atoms in total. The molecule has 5 heteroatoms. The zero-order chi connectivity index (χ0) is 18.2. The average molecular weight is 339 g/mol. The van der Waals surface area contributed by atoms with E-state index in [0.29, 0.717) is 30.1 Å². The molecule has 2 amide bonds. The number of primary amides is 1. The van der Waals surface area contributed by atoms with Crippen LogP contribution in [0, 0.1) is 5.92 Å². The lowest BCUT2D eigenvalue weighted by Crippen LogP contribution is -2.29. The van der Waals surface area contributed by atoms with Crippen molar-refractivity contribution in [3.8, 4) is 0 Å². The molecule has 0 bridgehead atoms. The Hall–Kier alpha value is -2.66. The minimum atomic E-state index is -0.557. The molecule has 1 atom stereocenters. The zero-order valence-corrected chi connectivity index (χ0v) is 14.7. The second kappa shape index (κ2) is 8.99. The summed E-state index contributed by atoms with van der Waals surface area (Å²) in [5.74, 6) is -0.309. The predicted molar refractivity (Wildman–Crippen MR) is 100 cm³/mol. The summed E-state index contributed by atoms with van der Waals surface area (Å²) in [5.41, 5.74) is 7.29. The monoisotopic (exact) mass is 339 g/mol. The maximum Gasteiger partial charge on any atom is 0.250 e. The molecule has 1 unspecified atom stereocenters. The van der Waals surface area contributed by atoms with Crippen LogP contribution < -0.4 is 16.4 Å². The van der Waals surface area contributed by atoms with E-state index < -0.39 is 5.91 Å². The summed E-state index contributed by atoms with van der Waals surface area (Å²) in [7, 11) is 0. The van der Waals surface area contributed by atoms with E-state index in [-0.39, 0.29) is 11.9 Å². The quantitative estimate of drug-likeness (QED) is 0.691. The van der Waals surface area contributed by atoms with Crippen LogP contribution in [0.2, 0.25) is 0 Å². The van der Waals surface area contributed by atoms with Crippen LogP contribution in [0.25, 0.3) is 0 Å². The van der Waals surface area contributed by atoms with Gasteiger partial charge in [-0.2, -0.15) is 0 Å².